The van der Waals surface area contributed by atoms with E-state index in [1.807, 2.05) is 31.2 Å². The normalized spacial score (nSPS) is 27.4. The Balaban J connectivity index is 1.62. The van der Waals surface area contributed by atoms with E-state index >= 15 is 0 Å². The van der Waals surface area contributed by atoms with Crippen molar-refractivity contribution in [2.24, 2.45) is 5.10 Å². The number of carbonyl (C=O) groups is 2. The SMILES string of the molecule is C[C@@H]1Cc2ccccc2N1C(=O)C1=NN([C@H]2CCS(=O)(=O)C2)C(=O)CC1. The molecule has 0 unspecified atom stereocenters. The number of nitrogens with zero attached hydrogens (tertiary/aromatic N) is 3. The zero-order valence-corrected chi connectivity index (χ0v) is 15.4. The number of carbonyl (C=O) groups excluding carboxylic acids is 2. The molecule has 1 aromatic carbocycles. The van der Waals surface area contributed by atoms with Gasteiger partial charge in [-0.05, 0) is 31.4 Å². The largest absolute Gasteiger partial charge is 0.304 e. The van der Waals surface area contributed by atoms with E-state index in [0.29, 0.717) is 18.6 Å². The van der Waals surface area contributed by atoms with Crippen LogP contribution >= 0.6 is 0 Å². The standard InChI is InChI=1S/C18H21N3O4S/c1-12-10-13-4-2-3-5-16(13)20(12)18(23)15-6-7-17(22)21(19-15)14-8-9-26(24,25)11-14/h2-5,12,14H,6-11H2,1H3/t12-,14+/m1/s1. The molecule has 0 N–H and O–H groups in total. The molecule has 1 saturated heterocycles. The van der Waals surface area contributed by atoms with Gasteiger partial charge in [-0.1, -0.05) is 18.2 Å². The highest BCUT2D eigenvalue weighted by atomic mass is 32.2. The number of hydrogen-bond acceptors (Lipinski definition) is 5. The maximum atomic E-state index is 13.1. The Morgan fingerprint density at radius 3 is 2.73 bits per heavy atom. The van der Waals surface area contributed by atoms with Crippen LogP contribution < -0.4 is 4.90 Å². The van der Waals surface area contributed by atoms with Crippen molar-refractivity contribution in [3.05, 3.63) is 29.8 Å². The third-order valence-corrected chi connectivity index (χ3v) is 7.04. The minimum absolute atomic E-state index is 0.0283. The van der Waals surface area contributed by atoms with E-state index in [4.69, 9.17) is 0 Å². The van der Waals surface area contributed by atoms with Crippen LogP contribution in [0, 0.1) is 0 Å². The van der Waals surface area contributed by atoms with E-state index in [1.54, 1.807) is 4.90 Å². The molecule has 0 spiro atoms. The van der Waals surface area contributed by atoms with Crippen LogP contribution in [0.2, 0.25) is 0 Å². The van der Waals surface area contributed by atoms with Gasteiger partial charge in [0, 0.05) is 24.6 Å². The molecule has 0 bridgehead atoms. The van der Waals surface area contributed by atoms with Crippen molar-refractivity contribution in [1.82, 2.24) is 5.01 Å². The smallest absolute Gasteiger partial charge is 0.274 e. The predicted octanol–water partition coefficient (Wildman–Crippen LogP) is 1.13. The molecule has 3 aliphatic rings. The highest BCUT2D eigenvalue weighted by molar-refractivity contribution is 7.91. The number of para-hydroxylation sites is 1. The average Bonchev–Trinajstić information content (AvgIpc) is 3.13. The molecule has 26 heavy (non-hydrogen) atoms. The topological polar surface area (TPSA) is 87.1 Å². The molecule has 138 valence electrons. The van der Waals surface area contributed by atoms with E-state index < -0.39 is 15.9 Å². The summed E-state index contributed by atoms with van der Waals surface area (Å²) < 4.78 is 23.5. The van der Waals surface area contributed by atoms with E-state index in [-0.39, 0.29) is 35.8 Å². The summed E-state index contributed by atoms with van der Waals surface area (Å²) in [6, 6.07) is 7.37. The highest BCUT2D eigenvalue weighted by Crippen LogP contribution is 2.33. The molecule has 0 saturated carbocycles. The van der Waals surface area contributed by atoms with Crippen LogP contribution in [-0.4, -0.2) is 54.5 Å². The molecule has 3 aliphatic heterocycles. The first-order valence-corrected chi connectivity index (χ1v) is 10.7. The summed E-state index contributed by atoms with van der Waals surface area (Å²) in [5, 5.41) is 5.55. The molecule has 3 heterocycles. The second kappa shape index (κ2) is 6.19. The number of amides is 2. The first-order chi connectivity index (χ1) is 12.4. The number of fused-ring (bicyclic) bond motifs is 1. The molecule has 2 amide bonds. The Morgan fingerprint density at radius 1 is 1.23 bits per heavy atom. The van der Waals surface area contributed by atoms with Gasteiger partial charge in [-0.3, -0.25) is 9.59 Å². The van der Waals surface area contributed by atoms with Crippen molar-refractivity contribution in [2.45, 2.75) is 44.7 Å². The first-order valence-electron chi connectivity index (χ1n) is 8.87. The van der Waals surface area contributed by atoms with Gasteiger partial charge in [0.25, 0.3) is 5.91 Å². The summed E-state index contributed by atoms with van der Waals surface area (Å²) in [6.45, 7) is 1.99. The summed E-state index contributed by atoms with van der Waals surface area (Å²) in [7, 11) is -3.13. The maximum Gasteiger partial charge on any atom is 0.274 e. The number of anilines is 1. The zero-order valence-electron chi connectivity index (χ0n) is 14.6. The van der Waals surface area contributed by atoms with Crippen LogP contribution in [-0.2, 0) is 25.8 Å². The molecule has 8 heteroatoms. The molecule has 0 aromatic heterocycles. The fourth-order valence-corrected chi connectivity index (χ4v) is 5.68. The lowest BCUT2D eigenvalue weighted by Crippen LogP contribution is -2.46. The van der Waals surface area contributed by atoms with Gasteiger partial charge in [-0.25, -0.2) is 13.4 Å². The van der Waals surface area contributed by atoms with Crippen molar-refractivity contribution in [2.75, 3.05) is 16.4 Å². The Hall–Kier alpha value is -2.22. The molecule has 0 radical (unpaired) electrons. The summed E-state index contributed by atoms with van der Waals surface area (Å²) >= 11 is 0. The van der Waals surface area contributed by atoms with E-state index in [9.17, 15) is 18.0 Å². The third kappa shape index (κ3) is 2.92. The Morgan fingerprint density at radius 2 is 2.00 bits per heavy atom. The van der Waals surface area contributed by atoms with Gasteiger partial charge >= 0.3 is 0 Å². The van der Waals surface area contributed by atoms with Crippen LogP contribution in [0.4, 0.5) is 5.69 Å². The number of hydrogen-bond donors (Lipinski definition) is 0. The zero-order chi connectivity index (χ0) is 18.5. The molecule has 1 fully saturated rings. The lowest BCUT2D eigenvalue weighted by Gasteiger charge is -2.30. The van der Waals surface area contributed by atoms with Crippen LogP contribution in [0.5, 0.6) is 0 Å². The molecular weight excluding hydrogens is 354 g/mol. The first kappa shape index (κ1) is 17.2. The van der Waals surface area contributed by atoms with Crippen LogP contribution in [0.1, 0.15) is 31.7 Å². The molecule has 1 aromatic rings. The molecule has 0 aliphatic carbocycles. The van der Waals surface area contributed by atoms with Crippen LogP contribution in [0.3, 0.4) is 0 Å². The van der Waals surface area contributed by atoms with E-state index in [1.165, 1.54) is 5.01 Å². The van der Waals surface area contributed by atoms with Crippen molar-refractivity contribution in [1.29, 1.82) is 0 Å². The molecule has 7 nitrogen and oxygen atoms in total. The second-order valence-corrected chi connectivity index (χ2v) is 9.43. The van der Waals surface area contributed by atoms with Gasteiger partial charge in [0.05, 0.1) is 17.5 Å². The summed E-state index contributed by atoms with van der Waals surface area (Å²) in [5.74, 6) is -0.414. The van der Waals surface area contributed by atoms with Gasteiger partial charge in [-0.2, -0.15) is 5.10 Å². The fraction of sp³-hybridized carbons (Fsp3) is 0.500. The number of hydrazone groups is 1. The number of sulfone groups is 1. The predicted molar refractivity (Wildman–Crippen MR) is 97.7 cm³/mol. The lowest BCUT2D eigenvalue weighted by atomic mass is 10.1. The average molecular weight is 375 g/mol. The Bertz CT molecular complexity index is 909. The Kier molecular flexibility index (Phi) is 4.10. The molecular formula is C18H21N3O4S. The molecule has 4 rings (SSSR count). The van der Waals surface area contributed by atoms with Crippen molar-refractivity contribution in [3.63, 3.8) is 0 Å². The fourth-order valence-electron chi connectivity index (χ4n) is 3.99. The maximum absolute atomic E-state index is 13.1. The summed E-state index contributed by atoms with van der Waals surface area (Å²) in [4.78, 5) is 27.1. The summed E-state index contributed by atoms with van der Waals surface area (Å²) in [5.41, 5.74) is 2.34. The van der Waals surface area contributed by atoms with Crippen LogP contribution in [0.25, 0.3) is 0 Å². The monoisotopic (exact) mass is 375 g/mol. The van der Waals surface area contributed by atoms with Gasteiger partial charge in [-0.15, -0.1) is 0 Å². The van der Waals surface area contributed by atoms with Crippen LogP contribution in [0.15, 0.2) is 29.4 Å². The van der Waals surface area contributed by atoms with Gasteiger partial charge in [0.1, 0.15) is 5.71 Å². The van der Waals surface area contributed by atoms with Gasteiger partial charge < -0.3 is 4.90 Å². The summed E-state index contributed by atoms with van der Waals surface area (Å²) in [6.07, 6.45) is 1.64. The quantitative estimate of drug-likeness (QED) is 0.775. The number of rotatable bonds is 2. The highest BCUT2D eigenvalue weighted by Gasteiger charge is 2.39. The van der Waals surface area contributed by atoms with Gasteiger partial charge in [0.15, 0.2) is 9.84 Å². The van der Waals surface area contributed by atoms with Crippen molar-refractivity contribution < 1.29 is 18.0 Å². The minimum atomic E-state index is -3.13. The molecule has 2 atom stereocenters. The minimum Gasteiger partial charge on any atom is -0.304 e. The van der Waals surface area contributed by atoms with E-state index in [0.717, 1.165) is 17.7 Å². The van der Waals surface area contributed by atoms with Gasteiger partial charge in [0.2, 0.25) is 5.91 Å². The third-order valence-electron chi connectivity index (χ3n) is 5.29. The second-order valence-electron chi connectivity index (χ2n) is 7.20. The van der Waals surface area contributed by atoms with Crippen molar-refractivity contribution >= 4 is 33.1 Å². The Labute approximate surface area is 152 Å². The number of benzene rings is 1. The lowest BCUT2D eigenvalue weighted by molar-refractivity contribution is -0.133. The van der Waals surface area contributed by atoms with E-state index in [2.05, 4.69) is 5.10 Å². The van der Waals surface area contributed by atoms with Crippen molar-refractivity contribution in [3.8, 4) is 0 Å².